The highest BCUT2D eigenvalue weighted by atomic mass is 16.5. The summed E-state index contributed by atoms with van der Waals surface area (Å²) in [6, 6.07) is 10.7. The van der Waals surface area contributed by atoms with Crippen LogP contribution < -0.4 is 10.5 Å². The highest BCUT2D eigenvalue weighted by molar-refractivity contribution is 5.91. The van der Waals surface area contributed by atoms with Gasteiger partial charge in [0, 0.05) is 6.07 Å². The van der Waals surface area contributed by atoms with Gasteiger partial charge in [0.05, 0.1) is 11.8 Å². The van der Waals surface area contributed by atoms with Crippen molar-refractivity contribution in [1.82, 2.24) is 9.78 Å². The van der Waals surface area contributed by atoms with Gasteiger partial charge in [-0.3, -0.25) is 4.79 Å². The molecule has 0 spiro atoms. The van der Waals surface area contributed by atoms with Gasteiger partial charge in [0.1, 0.15) is 6.61 Å². The minimum atomic E-state index is -0.649. The Labute approximate surface area is 129 Å². The Morgan fingerprint density at radius 2 is 2.00 bits per heavy atom. The summed E-state index contributed by atoms with van der Waals surface area (Å²) in [7, 11) is 0. The Kier molecular flexibility index (Phi) is 4.51. The molecule has 0 saturated heterocycles. The van der Waals surface area contributed by atoms with Gasteiger partial charge in [-0.25, -0.2) is 4.68 Å². The smallest absolute Gasteiger partial charge is 0.269 e. The molecule has 0 saturated carbocycles. The summed E-state index contributed by atoms with van der Waals surface area (Å²) in [6.07, 6.45) is -0.649. The van der Waals surface area contributed by atoms with Crippen LogP contribution in [0.25, 0.3) is 5.69 Å². The number of carbonyl (C=O) groups excluding carboxylic acids is 1. The molecule has 1 amide bonds. The average Bonchev–Trinajstić information content (AvgIpc) is 2.89. The number of ether oxygens (including phenoxy) is 1. The maximum atomic E-state index is 11.3. The molecule has 0 bridgehead atoms. The van der Waals surface area contributed by atoms with E-state index >= 15 is 0 Å². The second-order valence-electron chi connectivity index (χ2n) is 6.17. The van der Waals surface area contributed by atoms with Crippen LogP contribution in [0.3, 0.4) is 0 Å². The Bertz CT molecular complexity index is 644. The van der Waals surface area contributed by atoms with E-state index < -0.39 is 12.0 Å². The van der Waals surface area contributed by atoms with Crippen molar-refractivity contribution in [1.29, 1.82) is 0 Å². The maximum absolute atomic E-state index is 11.3. The molecular formula is C16H21N3O3. The molecule has 1 aromatic carbocycles. The van der Waals surface area contributed by atoms with E-state index in [1.807, 2.05) is 51.1 Å². The second kappa shape index (κ2) is 6.19. The number of hydrogen-bond donors (Lipinski definition) is 2. The van der Waals surface area contributed by atoms with Crippen LogP contribution in [-0.2, 0) is 0 Å². The van der Waals surface area contributed by atoms with Gasteiger partial charge in [0.15, 0.2) is 5.69 Å². The van der Waals surface area contributed by atoms with Crippen molar-refractivity contribution in [3.8, 4) is 11.6 Å². The Hall–Kier alpha value is -2.34. The molecule has 0 radical (unpaired) electrons. The first-order chi connectivity index (χ1) is 10.3. The number of aliphatic hydroxyl groups is 1. The Morgan fingerprint density at radius 1 is 1.36 bits per heavy atom. The molecule has 1 heterocycles. The lowest BCUT2D eigenvalue weighted by atomic mass is 9.90. The zero-order valence-electron chi connectivity index (χ0n) is 13.0. The van der Waals surface area contributed by atoms with E-state index in [0.29, 0.717) is 5.88 Å². The Balaban J connectivity index is 2.28. The zero-order valence-corrected chi connectivity index (χ0v) is 13.0. The number of aromatic nitrogens is 2. The molecule has 0 fully saturated rings. The van der Waals surface area contributed by atoms with Crippen LogP contribution in [0.1, 0.15) is 31.3 Å². The van der Waals surface area contributed by atoms with Crippen LogP contribution in [0.5, 0.6) is 5.88 Å². The van der Waals surface area contributed by atoms with Crippen LogP contribution in [-0.4, -0.2) is 33.5 Å². The largest absolute Gasteiger partial charge is 0.475 e. The standard InChI is InChI=1S/C16H21N3O3/c1-16(2,3)13(20)10-22-14-9-12(15(17)21)18-19(14)11-7-5-4-6-8-11/h4-9,13,20H,10H2,1-3H3,(H2,17,21)/t13-/m0/s1. The van der Waals surface area contributed by atoms with Crippen molar-refractivity contribution in [3.63, 3.8) is 0 Å². The number of primary amides is 1. The lowest BCUT2D eigenvalue weighted by Gasteiger charge is -2.25. The predicted octanol–water partition coefficient (Wildman–Crippen LogP) is 1.76. The maximum Gasteiger partial charge on any atom is 0.269 e. The van der Waals surface area contributed by atoms with Gasteiger partial charge in [0.2, 0.25) is 5.88 Å². The number of rotatable bonds is 5. The normalized spacial score (nSPS) is 12.9. The summed E-state index contributed by atoms with van der Waals surface area (Å²) in [6.45, 7) is 5.86. The van der Waals surface area contributed by atoms with E-state index in [9.17, 15) is 9.90 Å². The van der Waals surface area contributed by atoms with Crippen LogP contribution in [0.15, 0.2) is 36.4 Å². The van der Waals surface area contributed by atoms with E-state index in [0.717, 1.165) is 5.69 Å². The van der Waals surface area contributed by atoms with Gasteiger partial charge in [-0.1, -0.05) is 39.0 Å². The molecule has 6 heteroatoms. The number of nitrogens with zero attached hydrogens (tertiary/aromatic N) is 2. The number of hydrogen-bond acceptors (Lipinski definition) is 4. The molecule has 3 N–H and O–H groups in total. The number of aliphatic hydroxyl groups excluding tert-OH is 1. The van der Waals surface area contributed by atoms with Gasteiger partial charge in [-0.05, 0) is 17.5 Å². The van der Waals surface area contributed by atoms with E-state index in [1.54, 1.807) is 0 Å². The summed E-state index contributed by atoms with van der Waals surface area (Å²) >= 11 is 0. The van der Waals surface area contributed by atoms with Crippen LogP contribution >= 0.6 is 0 Å². The minimum Gasteiger partial charge on any atom is -0.475 e. The van der Waals surface area contributed by atoms with Crippen molar-refractivity contribution in [2.45, 2.75) is 26.9 Å². The summed E-state index contributed by atoms with van der Waals surface area (Å²) in [5.74, 6) is -0.265. The fourth-order valence-corrected chi connectivity index (χ4v) is 1.76. The molecule has 2 aromatic rings. The summed E-state index contributed by atoms with van der Waals surface area (Å²) in [4.78, 5) is 11.3. The van der Waals surface area contributed by atoms with E-state index in [4.69, 9.17) is 10.5 Å². The molecule has 0 aliphatic carbocycles. The lowest BCUT2D eigenvalue weighted by Crippen LogP contribution is -2.32. The molecule has 0 aliphatic rings. The van der Waals surface area contributed by atoms with Crippen molar-refractivity contribution in [2.75, 3.05) is 6.61 Å². The fourth-order valence-electron chi connectivity index (χ4n) is 1.76. The summed E-state index contributed by atoms with van der Waals surface area (Å²) in [5.41, 5.74) is 5.84. The van der Waals surface area contributed by atoms with Gasteiger partial charge >= 0.3 is 0 Å². The molecule has 118 valence electrons. The first-order valence-electron chi connectivity index (χ1n) is 7.05. The van der Waals surface area contributed by atoms with Crippen LogP contribution in [0, 0.1) is 5.41 Å². The monoisotopic (exact) mass is 303 g/mol. The van der Waals surface area contributed by atoms with E-state index in [-0.39, 0.29) is 17.7 Å². The average molecular weight is 303 g/mol. The molecule has 0 unspecified atom stereocenters. The van der Waals surface area contributed by atoms with Crippen molar-refractivity contribution >= 4 is 5.91 Å². The van der Waals surface area contributed by atoms with Gasteiger partial charge in [-0.2, -0.15) is 5.10 Å². The molecule has 6 nitrogen and oxygen atoms in total. The zero-order chi connectivity index (χ0) is 16.3. The number of nitrogens with two attached hydrogens (primary N) is 1. The van der Waals surface area contributed by atoms with Gasteiger partial charge < -0.3 is 15.6 Å². The molecule has 0 aliphatic heterocycles. The van der Waals surface area contributed by atoms with Gasteiger partial charge in [-0.15, -0.1) is 0 Å². The van der Waals surface area contributed by atoms with Crippen molar-refractivity contribution < 1.29 is 14.6 Å². The number of benzene rings is 1. The third kappa shape index (κ3) is 3.65. The molecule has 22 heavy (non-hydrogen) atoms. The second-order valence-corrected chi connectivity index (χ2v) is 6.17. The Morgan fingerprint density at radius 3 is 2.55 bits per heavy atom. The fraction of sp³-hybridized carbons (Fsp3) is 0.375. The predicted molar refractivity (Wildman–Crippen MR) is 83.0 cm³/mol. The minimum absolute atomic E-state index is 0.0974. The first kappa shape index (κ1) is 16.0. The molecular weight excluding hydrogens is 282 g/mol. The topological polar surface area (TPSA) is 90.4 Å². The van der Waals surface area contributed by atoms with Gasteiger partial charge in [0.25, 0.3) is 5.91 Å². The third-order valence-corrected chi connectivity index (χ3v) is 3.32. The third-order valence-electron chi connectivity index (χ3n) is 3.32. The number of para-hydroxylation sites is 1. The highest BCUT2D eigenvalue weighted by Crippen LogP contribution is 2.23. The SMILES string of the molecule is CC(C)(C)[C@@H](O)COc1cc(C(N)=O)nn1-c1ccccc1. The van der Waals surface area contributed by atoms with Crippen molar-refractivity contribution in [3.05, 3.63) is 42.1 Å². The van der Waals surface area contributed by atoms with E-state index in [1.165, 1.54) is 10.7 Å². The van der Waals surface area contributed by atoms with Crippen LogP contribution in [0.2, 0.25) is 0 Å². The highest BCUT2D eigenvalue weighted by Gasteiger charge is 2.24. The van der Waals surface area contributed by atoms with Crippen LogP contribution in [0.4, 0.5) is 0 Å². The summed E-state index contributed by atoms with van der Waals surface area (Å²) < 4.78 is 7.15. The number of amides is 1. The van der Waals surface area contributed by atoms with E-state index in [2.05, 4.69) is 5.10 Å². The summed E-state index contributed by atoms with van der Waals surface area (Å²) in [5, 5.41) is 14.2. The molecule has 1 atom stereocenters. The number of carbonyl (C=O) groups is 1. The quantitative estimate of drug-likeness (QED) is 0.880. The molecule has 1 aromatic heterocycles. The van der Waals surface area contributed by atoms with Crippen molar-refractivity contribution in [2.24, 2.45) is 11.1 Å². The molecule has 2 rings (SSSR count). The lowest BCUT2D eigenvalue weighted by molar-refractivity contribution is 0.0197. The first-order valence-corrected chi connectivity index (χ1v) is 7.05.